The van der Waals surface area contributed by atoms with Crippen LogP contribution in [0, 0.1) is 23.7 Å². The maximum absolute atomic E-state index is 13.2. The summed E-state index contributed by atoms with van der Waals surface area (Å²) in [6.07, 6.45) is 23.0. The van der Waals surface area contributed by atoms with E-state index >= 15 is 0 Å². The molecule has 0 aromatic rings. The fourth-order valence-electron chi connectivity index (χ4n) is 9.09. The largest absolute Gasteiger partial charge is 0.465 e. The Balaban J connectivity index is 1.40. The second kappa shape index (κ2) is 26.5. The summed E-state index contributed by atoms with van der Waals surface area (Å²) in [7, 11) is 3.43. The molecule has 3 N–H and O–H groups in total. The molecule has 2 heterocycles. The Kier molecular flexibility index (Phi) is 22.7. The van der Waals surface area contributed by atoms with Gasteiger partial charge in [0, 0.05) is 51.6 Å². The zero-order valence-corrected chi connectivity index (χ0v) is 38.3. The van der Waals surface area contributed by atoms with Gasteiger partial charge in [-0.25, -0.2) is 0 Å². The molecule has 3 rings (SSSR count). The van der Waals surface area contributed by atoms with E-state index in [1.807, 2.05) is 58.1 Å². The number of aliphatic hydroxyl groups excluding tert-OH is 1. The van der Waals surface area contributed by atoms with Crippen LogP contribution in [0.5, 0.6) is 0 Å². The van der Waals surface area contributed by atoms with E-state index in [9.17, 15) is 24.3 Å². The lowest BCUT2D eigenvalue weighted by Gasteiger charge is -2.37. The van der Waals surface area contributed by atoms with E-state index in [4.69, 9.17) is 24.7 Å². The van der Waals surface area contributed by atoms with Gasteiger partial charge < -0.3 is 34.7 Å². The summed E-state index contributed by atoms with van der Waals surface area (Å²) >= 11 is 0. The van der Waals surface area contributed by atoms with Crippen molar-refractivity contribution >= 4 is 23.9 Å². The van der Waals surface area contributed by atoms with Crippen molar-refractivity contribution < 1.29 is 43.2 Å². The summed E-state index contributed by atoms with van der Waals surface area (Å²) in [4.78, 5) is 52.2. The van der Waals surface area contributed by atoms with Crippen LogP contribution in [0.25, 0.3) is 0 Å². The molecule has 340 valence electrons. The quantitative estimate of drug-likeness (QED) is 0.0398. The molecule has 0 aromatic carbocycles. The van der Waals surface area contributed by atoms with Crippen molar-refractivity contribution in [3.8, 4) is 0 Å². The summed E-state index contributed by atoms with van der Waals surface area (Å²) in [6.45, 7) is 13.8. The number of nitrogens with zero attached hydrogens (tertiary/aromatic N) is 1. The van der Waals surface area contributed by atoms with Crippen LogP contribution in [0.4, 0.5) is 0 Å². The molecule has 9 atom stereocenters. The van der Waals surface area contributed by atoms with Gasteiger partial charge in [0.1, 0.15) is 18.0 Å². The molecule has 1 saturated carbocycles. The van der Waals surface area contributed by atoms with Crippen LogP contribution in [-0.4, -0.2) is 103 Å². The van der Waals surface area contributed by atoms with Crippen LogP contribution in [-0.2, 0) is 38.1 Å². The lowest BCUT2D eigenvalue weighted by molar-refractivity contribution is -0.161. The Morgan fingerprint density at radius 1 is 0.917 bits per heavy atom. The molecule has 0 spiro atoms. The smallest absolute Gasteiger partial charge is 0.293 e. The minimum atomic E-state index is -0.839. The third kappa shape index (κ3) is 17.4. The number of amides is 1. The van der Waals surface area contributed by atoms with Crippen LogP contribution in [0.1, 0.15) is 144 Å². The molecule has 11 heteroatoms. The minimum Gasteiger partial charge on any atom is -0.465 e. The lowest BCUT2D eigenvalue weighted by Crippen LogP contribution is -2.49. The van der Waals surface area contributed by atoms with Gasteiger partial charge in [0.05, 0.1) is 24.4 Å². The number of ketones is 2. The Morgan fingerprint density at radius 3 is 2.27 bits per heavy atom. The summed E-state index contributed by atoms with van der Waals surface area (Å²) in [5, 5.41) is 10.9. The molecular weight excluding hydrogens is 761 g/mol. The first kappa shape index (κ1) is 51.4. The number of hydrogen-bond acceptors (Lipinski definition) is 10. The molecule has 0 radical (unpaired) electrons. The molecule has 1 amide bonds. The Hall–Kier alpha value is -2.96. The third-order valence-corrected chi connectivity index (χ3v) is 13.4. The first-order valence-electron chi connectivity index (χ1n) is 22.9. The van der Waals surface area contributed by atoms with Gasteiger partial charge >= 0.3 is 0 Å². The number of aliphatic hydroxyl groups is 1. The van der Waals surface area contributed by atoms with E-state index in [-0.39, 0.29) is 65.8 Å². The van der Waals surface area contributed by atoms with Crippen molar-refractivity contribution in [1.82, 2.24) is 4.90 Å². The monoisotopic (exact) mass is 841 g/mol. The zero-order valence-electron chi connectivity index (χ0n) is 38.3. The highest BCUT2D eigenvalue weighted by Gasteiger charge is 2.39. The van der Waals surface area contributed by atoms with E-state index in [1.54, 1.807) is 19.1 Å². The predicted octanol–water partition coefficient (Wildman–Crippen LogP) is 8.17. The van der Waals surface area contributed by atoms with Gasteiger partial charge in [0.2, 0.25) is 5.78 Å². The standard InChI is InChI=1S/C49H80N2O9/c1-34(15-11-9-12-16-36(3)45(58-8)31-42-20-18-37(4)47(60-42)46(55)48(56)51-27-13-10-14-28-51)29-38(5)43(53)32-44(54)39(6)30-35(2)17-19-41(59-33-52)23-26-49(50)24-21-40(57-7)22-25-49/h9,11-12,15-16,30,33-35,37-38,40-42,44-45,47,54H,10,13-14,17-29,31-32,50H2,1-8H3/b12-9+,15-11+,36-16+,39-30+/t34?,35?,37-,38?,40?,41?,42+,44?,45?,47?,49?/m1/s1. The van der Waals surface area contributed by atoms with Crippen LogP contribution in [0.3, 0.4) is 0 Å². The van der Waals surface area contributed by atoms with Crippen molar-refractivity contribution in [3.05, 3.63) is 47.6 Å². The minimum absolute atomic E-state index is 0.000414. The fraction of sp³-hybridized carbons (Fsp3) is 0.755. The van der Waals surface area contributed by atoms with E-state index in [1.165, 1.54) is 0 Å². The van der Waals surface area contributed by atoms with Crippen LogP contribution < -0.4 is 5.73 Å². The van der Waals surface area contributed by atoms with Gasteiger partial charge in [-0.1, -0.05) is 64.2 Å². The topological polar surface area (TPSA) is 155 Å². The number of hydrogen-bond donors (Lipinski definition) is 2. The second-order valence-corrected chi connectivity index (χ2v) is 18.5. The number of rotatable bonds is 25. The van der Waals surface area contributed by atoms with Gasteiger partial charge in [0.25, 0.3) is 12.4 Å². The average molecular weight is 841 g/mol. The number of carbonyl (C=O) groups is 4. The number of Topliss-reactive ketones (excluding diaryl/α,β-unsaturated/α-hetero) is 2. The summed E-state index contributed by atoms with van der Waals surface area (Å²) in [5.74, 6) is -0.661. The molecular formula is C49H80N2O9. The van der Waals surface area contributed by atoms with Gasteiger partial charge in [-0.3, -0.25) is 19.2 Å². The molecule has 2 saturated heterocycles. The predicted molar refractivity (Wildman–Crippen MR) is 237 cm³/mol. The first-order valence-corrected chi connectivity index (χ1v) is 22.9. The molecule has 3 fully saturated rings. The summed E-state index contributed by atoms with van der Waals surface area (Å²) in [5.41, 5.74) is 8.25. The first-order chi connectivity index (χ1) is 28.6. The van der Waals surface area contributed by atoms with Crippen molar-refractivity contribution in [1.29, 1.82) is 0 Å². The van der Waals surface area contributed by atoms with Crippen molar-refractivity contribution in [3.63, 3.8) is 0 Å². The number of likely N-dealkylation sites (tertiary alicyclic amines) is 1. The van der Waals surface area contributed by atoms with E-state index in [2.05, 4.69) is 19.9 Å². The Bertz CT molecular complexity index is 1460. The fourth-order valence-corrected chi connectivity index (χ4v) is 9.09. The molecule has 0 aromatic heterocycles. The Labute approximate surface area is 361 Å². The number of ether oxygens (including phenoxy) is 4. The number of nitrogens with two attached hydrogens (primary N) is 1. The van der Waals surface area contributed by atoms with Crippen LogP contribution >= 0.6 is 0 Å². The molecule has 1 aliphatic carbocycles. The highest BCUT2D eigenvalue weighted by Crippen LogP contribution is 2.33. The van der Waals surface area contributed by atoms with Gasteiger partial charge in [-0.15, -0.1) is 0 Å². The number of allylic oxidation sites excluding steroid dienone is 6. The Morgan fingerprint density at radius 2 is 1.62 bits per heavy atom. The summed E-state index contributed by atoms with van der Waals surface area (Å²) in [6, 6.07) is 0. The van der Waals surface area contributed by atoms with E-state index in [0.717, 1.165) is 88.2 Å². The number of methoxy groups -OCH3 is 2. The molecule has 60 heavy (non-hydrogen) atoms. The van der Waals surface area contributed by atoms with Crippen LogP contribution in [0.15, 0.2) is 47.6 Å². The normalized spacial score (nSPS) is 27.6. The molecule has 11 nitrogen and oxygen atoms in total. The van der Waals surface area contributed by atoms with E-state index in [0.29, 0.717) is 38.8 Å². The average Bonchev–Trinajstić information content (AvgIpc) is 3.24. The highest BCUT2D eigenvalue weighted by molar-refractivity contribution is 6.37. The number of carbonyl (C=O) groups excluding carboxylic acids is 4. The molecule has 3 aliphatic rings. The maximum Gasteiger partial charge on any atom is 0.293 e. The van der Waals surface area contributed by atoms with Crippen molar-refractivity contribution in [2.75, 3.05) is 27.3 Å². The summed E-state index contributed by atoms with van der Waals surface area (Å²) < 4.78 is 23.0. The SMILES string of the molecule is COC1CCC(N)(CCC(CCC(C)/C=C(\C)C(O)CC(=O)C(C)CC(C)/C=C/C=C/C=C(\C)C(C[C@@H]2CC[C@@H](C)C(C(=O)C(=O)N3CCCCC3)O2)OC)OC=O)CC1. The molecule has 7 unspecified atom stereocenters. The van der Waals surface area contributed by atoms with E-state index < -0.39 is 23.9 Å². The van der Waals surface area contributed by atoms with Crippen LogP contribution in [0.2, 0.25) is 0 Å². The number of piperidine rings is 1. The van der Waals surface area contributed by atoms with Gasteiger partial charge in [-0.05, 0) is 133 Å². The second-order valence-electron chi connectivity index (χ2n) is 18.5. The van der Waals surface area contributed by atoms with Gasteiger partial charge in [-0.2, -0.15) is 0 Å². The van der Waals surface area contributed by atoms with Crippen molar-refractivity contribution in [2.45, 2.75) is 186 Å². The lowest BCUT2D eigenvalue weighted by atomic mass is 9.77. The maximum atomic E-state index is 13.2. The molecule has 2 aliphatic heterocycles. The van der Waals surface area contributed by atoms with Crippen molar-refractivity contribution in [2.24, 2.45) is 29.4 Å². The zero-order chi connectivity index (χ0) is 44.2. The van der Waals surface area contributed by atoms with Gasteiger partial charge in [0.15, 0.2) is 0 Å². The third-order valence-electron chi connectivity index (χ3n) is 13.4. The highest BCUT2D eigenvalue weighted by atomic mass is 16.5. The molecule has 0 bridgehead atoms.